The fourth-order valence-corrected chi connectivity index (χ4v) is 4.30. The van der Waals surface area contributed by atoms with E-state index >= 15 is 0 Å². The van der Waals surface area contributed by atoms with E-state index in [4.69, 9.17) is 0 Å². The van der Waals surface area contributed by atoms with Crippen LogP contribution in [0.15, 0.2) is 5.38 Å². The molecule has 2 N–H and O–H groups in total. The van der Waals surface area contributed by atoms with E-state index in [1.807, 2.05) is 12.3 Å². The number of nitrogens with one attached hydrogen (secondary N) is 2. The van der Waals surface area contributed by atoms with Crippen LogP contribution in [0.1, 0.15) is 23.5 Å². The van der Waals surface area contributed by atoms with Gasteiger partial charge in [0.2, 0.25) is 10.0 Å². The molecule has 1 aromatic heterocycles. The zero-order chi connectivity index (χ0) is 13.0. The van der Waals surface area contributed by atoms with Crippen LogP contribution < -0.4 is 10.0 Å². The molecular formula is C11H19N3O2S2. The van der Waals surface area contributed by atoms with Crippen LogP contribution >= 0.6 is 11.3 Å². The largest absolute Gasteiger partial charge is 0.317 e. The summed E-state index contributed by atoms with van der Waals surface area (Å²) < 4.78 is 26.5. The van der Waals surface area contributed by atoms with Gasteiger partial charge in [-0.2, -0.15) is 0 Å². The Hall–Kier alpha value is -0.500. The van der Waals surface area contributed by atoms with E-state index in [-0.39, 0.29) is 11.7 Å². The molecule has 0 bridgehead atoms. The molecular weight excluding hydrogens is 270 g/mol. The van der Waals surface area contributed by atoms with Gasteiger partial charge in [0, 0.05) is 11.1 Å². The summed E-state index contributed by atoms with van der Waals surface area (Å²) in [7, 11) is -3.18. The Bertz CT molecular complexity index is 478. The van der Waals surface area contributed by atoms with Crippen LogP contribution in [0.3, 0.4) is 0 Å². The summed E-state index contributed by atoms with van der Waals surface area (Å²) in [6.45, 7) is 4.06. The van der Waals surface area contributed by atoms with Gasteiger partial charge in [-0.25, -0.2) is 18.1 Å². The highest BCUT2D eigenvalue weighted by atomic mass is 32.2. The average molecular weight is 289 g/mol. The zero-order valence-corrected chi connectivity index (χ0v) is 12.1. The third-order valence-corrected chi connectivity index (χ3v) is 5.48. The van der Waals surface area contributed by atoms with Crippen molar-refractivity contribution in [3.63, 3.8) is 0 Å². The maximum atomic E-state index is 11.9. The second-order valence-electron chi connectivity index (χ2n) is 4.68. The van der Waals surface area contributed by atoms with Crippen LogP contribution in [0, 0.1) is 12.8 Å². The van der Waals surface area contributed by atoms with Crippen molar-refractivity contribution in [1.82, 2.24) is 15.0 Å². The minimum Gasteiger partial charge on any atom is -0.317 e. The minimum absolute atomic E-state index is 0.235. The fraction of sp³-hybridized carbons (Fsp3) is 0.727. The highest BCUT2D eigenvalue weighted by Gasteiger charge is 2.21. The van der Waals surface area contributed by atoms with Crippen molar-refractivity contribution < 1.29 is 8.42 Å². The Balaban J connectivity index is 1.83. The number of hydrogen-bond acceptors (Lipinski definition) is 5. The standard InChI is InChI=1S/C11H19N3O2S2/c1-9-7-17-11(14-9)6-13-18(15,16)8-10-2-4-12-5-3-10/h7,10,12-13H,2-6,8H2,1H3. The Labute approximate surface area is 112 Å². The summed E-state index contributed by atoms with van der Waals surface area (Å²) in [5.74, 6) is 0.515. The number of nitrogens with zero attached hydrogens (tertiary/aromatic N) is 1. The van der Waals surface area contributed by atoms with Gasteiger partial charge in [-0.3, -0.25) is 0 Å². The van der Waals surface area contributed by atoms with Gasteiger partial charge in [0.1, 0.15) is 5.01 Å². The van der Waals surface area contributed by atoms with Crippen molar-refractivity contribution in [1.29, 1.82) is 0 Å². The molecule has 1 aliphatic heterocycles. The average Bonchev–Trinajstić information content (AvgIpc) is 2.74. The number of piperidine rings is 1. The van der Waals surface area contributed by atoms with Crippen LogP contribution in [0.4, 0.5) is 0 Å². The summed E-state index contributed by atoms with van der Waals surface area (Å²) in [5.41, 5.74) is 0.938. The molecule has 0 aromatic carbocycles. The van der Waals surface area contributed by atoms with E-state index in [0.29, 0.717) is 6.54 Å². The molecule has 0 spiro atoms. The maximum absolute atomic E-state index is 11.9. The Morgan fingerprint density at radius 1 is 1.50 bits per heavy atom. The molecule has 5 nitrogen and oxygen atoms in total. The van der Waals surface area contributed by atoms with Crippen LogP contribution in [0.5, 0.6) is 0 Å². The maximum Gasteiger partial charge on any atom is 0.212 e. The molecule has 2 rings (SSSR count). The predicted molar refractivity (Wildman–Crippen MR) is 73.1 cm³/mol. The molecule has 2 heterocycles. The Morgan fingerprint density at radius 2 is 2.22 bits per heavy atom. The van der Waals surface area contributed by atoms with E-state index in [1.165, 1.54) is 11.3 Å². The normalized spacial score (nSPS) is 18.1. The fourth-order valence-electron chi connectivity index (χ4n) is 2.07. The molecule has 0 saturated carbocycles. The molecule has 0 aliphatic carbocycles. The highest BCUT2D eigenvalue weighted by molar-refractivity contribution is 7.89. The number of hydrogen-bond donors (Lipinski definition) is 2. The second kappa shape index (κ2) is 6.10. The molecule has 18 heavy (non-hydrogen) atoms. The molecule has 102 valence electrons. The number of aromatic nitrogens is 1. The highest BCUT2D eigenvalue weighted by Crippen LogP contribution is 2.14. The van der Waals surface area contributed by atoms with Gasteiger partial charge in [0.15, 0.2) is 0 Å². The molecule has 0 atom stereocenters. The van der Waals surface area contributed by atoms with Crippen molar-refractivity contribution in [3.05, 3.63) is 16.1 Å². The van der Waals surface area contributed by atoms with Crippen molar-refractivity contribution >= 4 is 21.4 Å². The Morgan fingerprint density at radius 3 is 2.83 bits per heavy atom. The molecule has 1 aromatic rings. The number of sulfonamides is 1. The van der Waals surface area contributed by atoms with Crippen molar-refractivity contribution in [2.24, 2.45) is 5.92 Å². The third kappa shape index (κ3) is 4.31. The van der Waals surface area contributed by atoms with E-state index in [1.54, 1.807) is 0 Å². The summed E-state index contributed by atoms with van der Waals surface area (Å²) >= 11 is 1.49. The smallest absolute Gasteiger partial charge is 0.212 e. The number of rotatable bonds is 5. The first-order valence-electron chi connectivity index (χ1n) is 6.14. The topological polar surface area (TPSA) is 71.1 Å². The third-order valence-electron chi connectivity index (χ3n) is 3.02. The first-order valence-corrected chi connectivity index (χ1v) is 8.67. The van der Waals surface area contributed by atoms with Crippen molar-refractivity contribution in [3.8, 4) is 0 Å². The van der Waals surface area contributed by atoms with E-state index in [9.17, 15) is 8.42 Å². The van der Waals surface area contributed by atoms with E-state index in [0.717, 1.165) is 36.6 Å². The van der Waals surface area contributed by atoms with Crippen LogP contribution in [0.25, 0.3) is 0 Å². The van der Waals surface area contributed by atoms with Gasteiger partial charge >= 0.3 is 0 Å². The quantitative estimate of drug-likeness (QED) is 0.844. The van der Waals surface area contributed by atoms with Gasteiger partial charge < -0.3 is 5.32 Å². The molecule has 0 unspecified atom stereocenters. The first-order chi connectivity index (χ1) is 8.55. The zero-order valence-electron chi connectivity index (χ0n) is 10.5. The lowest BCUT2D eigenvalue weighted by molar-refractivity contribution is 0.400. The SMILES string of the molecule is Cc1csc(CNS(=O)(=O)CC2CCNCC2)n1. The predicted octanol–water partition coefficient (Wildman–Crippen LogP) is 0.871. The van der Waals surface area contributed by atoms with Crippen molar-refractivity contribution in [2.75, 3.05) is 18.8 Å². The monoisotopic (exact) mass is 289 g/mol. The summed E-state index contributed by atoms with van der Waals surface area (Å²) in [6, 6.07) is 0. The summed E-state index contributed by atoms with van der Waals surface area (Å²) in [5, 5.41) is 5.99. The lowest BCUT2D eigenvalue weighted by Gasteiger charge is -2.22. The van der Waals surface area contributed by atoms with Crippen molar-refractivity contribution in [2.45, 2.75) is 26.3 Å². The lowest BCUT2D eigenvalue weighted by atomic mass is 10.0. The second-order valence-corrected chi connectivity index (χ2v) is 7.47. The minimum atomic E-state index is -3.18. The van der Waals surface area contributed by atoms with Crippen LogP contribution in [-0.2, 0) is 16.6 Å². The van der Waals surface area contributed by atoms with E-state index in [2.05, 4.69) is 15.0 Å². The number of thiazole rings is 1. The molecule has 1 fully saturated rings. The van der Waals surface area contributed by atoms with Gasteiger partial charge in [-0.15, -0.1) is 11.3 Å². The van der Waals surface area contributed by atoms with Crippen LogP contribution in [-0.4, -0.2) is 32.2 Å². The van der Waals surface area contributed by atoms with Gasteiger partial charge in [-0.05, 0) is 38.8 Å². The van der Waals surface area contributed by atoms with E-state index < -0.39 is 10.0 Å². The summed E-state index contributed by atoms with van der Waals surface area (Å²) in [6.07, 6.45) is 1.88. The molecule has 7 heteroatoms. The molecule has 0 radical (unpaired) electrons. The molecule has 1 aliphatic rings. The lowest BCUT2D eigenvalue weighted by Crippen LogP contribution is -2.35. The van der Waals surface area contributed by atoms with Gasteiger partial charge in [0.25, 0.3) is 0 Å². The van der Waals surface area contributed by atoms with Gasteiger partial charge in [-0.1, -0.05) is 0 Å². The van der Waals surface area contributed by atoms with Crippen LogP contribution in [0.2, 0.25) is 0 Å². The molecule has 1 saturated heterocycles. The number of aryl methyl sites for hydroxylation is 1. The van der Waals surface area contributed by atoms with Gasteiger partial charge in [0.05, 0.1) is 12.3 Å². The molecule has 0 amide bonds. The first kappa shape index (κ1) is 13.9. The summed E-state index contributed by atoms with van der Waals surface area (Å²) in [4.78, 5) is 4.24. The Kier molecular flexibility index (Phi) is 4.71.